The molecule has 0 radical (unpaired) electrons. The van der Waals surface area contributed by atoms with Crippen molar-refractivity contribution < 1.29 is 4.79 Å². The van der Waals surface area contributed by atoms with Gasteiger partial charge in [0, 0.05) is 39.8 Å². The van der Waals surface area contributed by atoms with Gasteiger partial charge in [-0.1, -0.05) is 27.7 Å². The van der Waals surface area contributed by atoms with Crippen LogP contribution in [0.4, 0.5) is 4.79 Å². The van der Waals surface area contributed by atoms with Gasteiger partial charge in [0.25, 0.3) is 0 Å². The van der Waals surface area contributed by atoms with Crippen LogP contribution in [-0.2, 0) is 0 Å². The van der Waals surface area contributed by atoms with Crippen LogP contribution in [0.25, 0.3) is 0 Å². The third-order valence-corrected chi connectivity index (χ3v) is 3.02. The van der Waals surface area contributed by atoms with E-state index >= 15 is 0 Å². The summed E-state index contributed by atoms with van der Waals surface area (Å²) in [7, 11) is 5.75. The number of piperazine rings is 1. The summed E-state index contributed by atoms with van der Waals surface area (Å²) in [6, 6.07) is 0.487. The van der Waals surface area contributed by atoms with E-state index < -0.39 is 0 Å². The molecule has 1 aliphatic heterocycles. The maximum Gasteiger partial charge on any atom is 0.319 e. The lowest BCUT2D eigenvalue weighted by Crippen LogP contribution is -2.58. The van der Waals surface area contributed by atoms with Crippen LogP contribution >= 0.6 is 0 Å². The molecule has 1 fully saturated rings. The number of rotatable bonds is 1. The Kier molecular flexibility index (Phi) is 7.19. The molecular weight excluding hydrogens is 214 g/mol. The van der Waals surface area contributed by atoms with E-state index in [1.54, 1.807) is 4.90 Å². The minimum atomic E-state index is 0.141. The minimum Gasteiger partial charge on any atom is -0.331 e. The fraction of sp³-hybridized carbons (Fsp3) is 0.923. The van der Waals surface area contributed by atoms with Gasteiger partial charge < -0.3 is 14.7 Å². The second kappa shape index (κ2) is 7.54. The molecule has 1 rings (SSSR count). The Balaban J connectivity index is 0.00000121. The largest absolute Gasteiger partial charge is 0.331 e. The standard InChI is InChI=1S/C11H23N3O.C2H6/c1-9(2)10-8-13(5)6-7-14(10)11(15)12(3)4;1-2/h9-10H,6-8H2,1-5H3;1-2H3. The predicted octanol–water partition coefficient (Wildman–Crippen LogP) is 1.97. The molecule has 17 heavy (non-hydrogen) atoms. The van der Waals surface area contributed by atoms with Gasteiger partial charge in [-0.3, -0.25) is 0 Å². The normalized spacial score (nSPS) is 20.9. The lowest BCUT2D eigenvalue weighted by molar-refractivity contribution is 0.0732. The van der Waals surface area contributed by atoms with E-state index in [1.165, 1.54) is 0 Å². The van der Waals surface area contributed by atoms with Gasteiger partial charge in [-0.2, -0.15) is 0 Å². The first-order valence-corrected chi connectivity index (χ1v) is 6.60. The van der Waals surface area contributed by atoms with E-state index in [2.05, 4.69) is 25.8 Å². The fourth-order valence-corrected chi connectivity index (χ4v) is 2.02. The molecule has 4 nitrogen and oxygen atoms in total. The van der Waals surface area contributed by atoms with Crippen molar-refractivity contribution in [1.29, 1.82) is 0 Å². The highest BCUT2D eigenvalue weighted by molar-refractivity contribution is 5.74. The second-order valence-corrected chi connectivity index (χ2v) is 4.94. The molecular formula is C13H29N3O. The zero-order valence-electron chi connectivity index (χ0n) is 12.5. The zero-order valence-corrected chi connectivity index (χ0v) is 12.5. The quantitative estimate of drug-likeness (QED) is 0.704. The van der Waals surface area contributed by atoms with Crippen LogP contribution in [-0.4, -0.2) is 67.5 Å². The Morgan fingerprint density at radius 3 is 2.18 bits per heavy atom. The first kappa shape index (κ1) is 16.2. The first-order valence-electron chi connectivity index (χ1n) is 6.60. The first-order chi connectivity index (χ1) is 7.93. The van der Waals surface area contributed by atoms with E-state index in [-0.39, 0.29) is 6.03 Å². The van der Waals surface area contributed by atoms with Crippen molar-refractivity contribution in [2.45, 2.75) is 33.7 Å². The summed E-state index contributed by atoms with van der Waals surface area (Å²) < 4.78 is 0. The van der Waals surface area contributed by atoms with Crippen LogP contribution in [0.5, 0.6) is 0 Å². The Labute approximate surface area is 107 Å². The Hall–Kier alpha value is -0.770. The molecule has 1 atom stereocenters. The molecule has 0 aromatic heterocycles. The lowest BCUT2D eigenvalue weighted by atomic mass is 10.0. The number of likely N-dealkylation sites (N-methyl/N-ethyl adjacent to an activating group) is 1. The summed E-state index contributed by atoms with van der Waals surface area (Å²) in [5.41, 5.74) is 0. The van der Waals surface area contributed by atoms with E-state index in [4.69, 9.17) is 0 Å². The highest BCUT2D eigenvalue weighted by Crippen LogP contribution is 2.17. The maximum absolute atomic E-state index is 12.0. The third-order valence-electron chi connectivity index (χ3n) is 3.02. The third kappa shape index (κ3) is 4.54. The van der Waals surface area contributed by atoms with Gasteiger partial charge in [0.05, 0.1) is 0 Å². The van der Waals surface area contributed by atoms with Crippen molar-refractivity contribution in [3.05, 3.63) is 0 Å². The van der Waals surface area contributed by atoms with Crippen LogP contribution in [0.3, 0.4) is 0 Å². The van der Waals surface area contributed by atoms with Crippen LogP contribution in [0.2, 0.25) is 0 Å². The summed E-state index contributed by atoms with van der Waals surface area (Å²) in [4.78, 5) is 17.9. The topological polar surface area (TPSA) is 26.8 Å². The summed E-state index contributed by atoms with van der Waals surface area (Å²) in [6.45, 7) is 11.2. The molecule has 4 heteroatoms. The van der Waals surface area contributed by atoms with E-state index in [0.717, 1.165) is 19.6 Å². The van der Waals surface area contributed by atoms with Crippen molar-refractivity contribution in [3.63, 3.8) is 0 Å². The minimum absolute atomic E-state index is 0.141. The SMILES string of the molecule is CC.CC(C)C1CN(C)CCN1C(=O)N(C)C. The van der Waals surface area contributed by atoms with Crippen molar-refractivity contribution in [3.8, 4) is 0 Å². The number of carbonyl (C=O) groups excluding carboxylic acids is 1. The zero-order chi connectivity index (χ0) is 13.6. The molecule has 0 N–H and O–H groups in total. The number of hydrogen-bond donors (Lipinski definition) is 0. The smallest absolute Gasteiger partial charge is 0.319 e. The summed E-state index contributed by atoms with van der Waals surface area (Å²) in [5.74, 6) is 0.511. The number of amides is 2. The van der Waals surface area contributed by atoms with E-state index in [9.17, 15) is 4.79 Å². The Bertz CT molecular complexity index is 229. The van der Waals surface area contributed by atoms with Gasteiger partial charge in [0.1, 0.15) is 0 Å². The molecule has 0 bridgehead atoms. The molecule has 0 aromatic carbocycles. The molecule has 1 heterocycles. The molecule has 2 amide bonds. The molecule has 0 aromatic rings. The molecule has 1 unspecified atom stereocenters. The van der Waals surface area contributed by atoms with E-state index in [1.807, 2.05) is 32.8 Å². The average Bonchev–Trinajstić information content (AvgIpc) is 2.30. The summed E-state index contributed by atoms with van der Waals surface area (Å²) in [5, 5.41) is 0. The number of carbonyl (C=O) groups is 1. The van der Waals surface area contributed by atoms with Crippen molar-refractivity contribution >= 4 is 6.03 Å². The van der Waals surface area contributed by atoms with Gasteiger partial charge in [0.2, 0.25) is 0 Å². The Morgan fingerprint density at radius 2 is 1.76 bits per heavy atom. The van der Waals surface area contributed by atoms with Crippen LogP contribution in [0.15, 0.2) is 0 Å². The highest BCUT2D eigenvalue weighted by atomic mass is 16.2. The van der Waals surface area contributed by atoms with Gasteiger partial charge in [-0.25, -0.2) is 4.79 Å². The number of hydrogen-bond acceptors (Lipinski definition) is 2. The van der Waals surface area contributed by atoms with E-state index in [0.29, 0.717) is 12.0 Å². The molecule has 0 saturated carbocycles. The number of nitrogens with zero attached hydrogens (tertiary/aromatic N) is 3. The fourth-order valence-electron chi connectivity index (χ4n) is 2.02. The molecule has 1 saturated heterocycles. The monoisotopic (exact) mass is 243 g/mol. The van der Waals surface area contributed by atoms with Crippen LogP contribution < -0.4 is 0 Å². The van der Waals surface area contributed by atoms with Gasteiger partial charge in [-0.15, -0.1) is 0 Å². The molecule has 0 aliphatic carbocycles. The lowest BCUT2D eigenvalue weighted by Gasteiger charge is -2.43. The van der Waals surface area contributed by atoms with Crippen molar-refractivity contribution in [2.75, 3.05) is 40.8 Å². The second-order valence-electron chi connectivity index (χ2n) is 4.94. The number of urea groups is 1. The Morgan fingerprint density at radius 1 is 1.24 bits per heavy atom. The predicted molar refractivity (Wildman–Crippen MR) is 73.3 cm³/mol. The average molecular weight is 243 g/mol. The molecule has 0 spiro atoms. The van der Waals surface area contributed by atoms with Crippen molar-refractivity contribution in [2.24, 2.45) is 5.92 Å². The van der Waals surface area contributed by atoms with Gasteiger partial charge in [0.15, 0.2) is 0 Å². The van der Waals surface area contributed by atoms with Crippen LogP contribution in [0, 0.1) is 5.92 Å². The van der Waals surface area contributed by atoms with Crippen LogP contribution in [0.1, 0.15) is 27.7 Å². The summed E-state index contributed by atoms with van der Waals surface area (Å²) >= 11 is 0. The molecule has 1 aliphatic rings. The highest BCUT2D eigenvalue weighted by Gasteiger charge is 2.31. The van der Waals surface area contributed by atoms with Crippen molar-refractivity contribution in [1.82, 2.24) is 14.7 Å². The maximum atomic E-state index is 12.0. The van der Waals surface area contributed by atoms with Gasteiger partial charge >= 0.3 is 6.03 Å². The molecule has 102 valence electrons. The van der Waals surface area contributed by atoms with Gasteiger partial charge in [-0.05, 0) is 13.0 Å². The summed E-state index contributed by atoms with van der Waals surface area (Å²) in [6.07, 6.45) is 0.